The molecule has 1 fully saturated rings. The quantitative estimate of drug-likeness (QED) is 0.843. The fourth-order valence-electron chi connectivity index (χ4n) is 2.52. The van der Waals surface area contributed by atoms with E-state index in [9.17, 15) is 8.42 Å². The maximum atomic E-state index is 11.7. The summed E-state index contributed by atoms with van der Waals surface area (Å²) in [6.07, 6.45) is 2.72. The number of sulfone groups is 1. The van der Waals surface area contributed by atoms with E-state index in [0.29, 0.717) is 19.4 Å². The molecule has 1 atom stereocenters. The monoisotopic (exact) mass is 272 g/mol. The molecular weight excluding hydrogens is 252 g/mol. The van der Waals surface area contributed by atoms with Crippen LogP contribution in [0.3, 0.4) is 0 Å². The molecule has 18 heavy (non-hydrogen) atoms. The molecule has 1 saturated heterocycles. The van der Waals surface area contributed by atoms with Gasteiger partial charge in [0.15, 0.2) is 9.84 Å². The van der Waals surface area contributed by atoms with E-state index in [2.05, 4.69) is 10.1 Å². The van der Waals surface area contributed by atoms with E-state index in [0.717, 1.165) is 5.82 Å². The molecule has 2 rings (SSSR count). The van der Waals surface area contributed by atoms with Crippen LogP contribution in [-0.4, -0.2) is 41.2 Å². The van der Waals surface area contributed by atoms with Crippen molar-refractivity contribution in [1.29, 1.82) is 0 Å². The van der Waals surface area contributed by atoms with Crippen LogP contribution in [0.15, 0.2) is 6.33 Å². The lowest BCUT2D eigenvalue weighted by molar-refractivity contribution is 0.324. The zero-order valence-electron chi connectivity index (χ0n) is 10.8. The van der Waals surface area contributed by atoms with Crippen LogP contribution in [0.1, 0.15) is 32.1 Å². The molecular formula is C11H20N4O2S. The molecule has 0 amide bonds. The molecule has 0 saturated carbocycles. The minimum Gasteiger partial charge on any atom is -0.330 e. The first kappa shape index (κ1) is 13.5. The Hall–Kier alpha value is -0.950. The van der Waals surface area contributed by atoms with Crippen molar-refractivity contribution in [2.24, 2.45) is 11.1 Å². The fourth-order valence-corrected chi connectivity index (χ4v) is 4.71. The van der Waals surface area contributed by atoms with Gasteiger partial charge in [-0.1, -0.05) is 0 Å². The van der Waals surface area contributed by atoms with Crippen molar-refractivity contribution in [3.8, 4) is 0 Å². The van der Waals surface area contributed by atoms with Crippen molar-refractivity contribution in [2.45, 2.75) is 32.7 Å². The summed E-state index contributed by atoms with van der Waals surface area (Å²) in [4.78, 5) is 4.24. The van der Waals surface area contributed by atoms with E-state index >= 15 is 0 Å². The SMILES string of the molecule is CC(C)n1ncnc1CC1(CN)CCS(=O)(=O)C1. The number of hydrogen-bond donors (Lipinski definition) is 1. The standard InChI is InChI=1S/C11H20N4O2S/c1-9(2)15-10(13-8-14-15)5-11(6-12)3-4-18(16,17)7-11/h8-9H,3-7,12H2,1-2H3. The first-order chi connectivity index (χ1) is 8.37. The van der Waals surface area contributed by atoms with E-state index in [1.807, 2.05) is 18.5 Å². The van der Waals surface area contributed by atoms with Gasteiger partial charge in [-0.25, -0.2) is 18.1 Å². The van der Waals surface area contributed by atoms with Crippen LogP contribution >= 0.6 is 0 Å². The van der Waals surface area contributed by atoms with Gasteiger partial charge in [-0.15, -0.1) is 0 Å². The Morgan fingerprint density at radius 3 is 2.78 bits per heavy atom. The molecule has 1 aliphatic heterocycles. The van der Waals surface area contributed by atoms with Crippen molar-refractivity contribution in [1.82, 2.24) is 14.8 Å². The molecule has 1 aromatic heterocycles. The molecule has 1 aromatic rings. The summed E-state index contributed by atoms with van der Waals surface area (Å²) in [6, 6.07) is 0.218. The molecule has 0 radical (unpaired) electrons. The van der Waals surface area contributed by atoms with Crippen LogP contribution in [0.2, 0.25) is 0 Å². The van der Waals surface area contributed by atoms with Crippen LogP contribution in [-0.2, 0) is 16.3 Å². The number of aromatic nitrogens is 3. The second kappa shape index (κ2) is 4.62. The molecule has 7 heteroatoms. The number of nitrogens with zero attached hydrogens (tertiary/aromatic N) is 3. The van der Waals surface area contributed by atoms with Crippen molar-refractivity contribution >= 4 is 9.84 Å². The third-order valence-corrected chi connectivity index (χ3v) is 5.45. The lowest BCUT2D eigenvalue weighted by Crippen LogP contribution is -2.35. The lowest BCUT2D eigenvalue weighted by Gasteiger charge is -2.25. The van der Waals surface area contributed by atoms with Gasteiger partial charge in [-0.3, -0.25) is 0 Å². The zero-order chi connectivity index (χ0) is 13.4. The molecule has 2 heterocycles. The van der Waals surface area contributed by atoms with Crippen LogP contribution < -0.4 is 5.73 Å². The van der Waals surface area contributed by atoms with E-state index < -0.39 is 9.84 Å². The van der Waals surface area contributed by atoms with Crippen LogP contribution in [0.4, 0.5) is 0 Å². The molecule has 102 valence electrons. The maximum Gasteiger partial charge on any atom is 0.150 e. The van der Waals surface area contributed by atoms with Gasteiger partial charge in [0.25, 0.3) is 0 Å². The van der Waals surface area contributed by atoms with E-state index in [1.54, 1.807) is 0 Å². The number of rotatable bonds is 4. The van der Waals surface area contributed by atoms with Gasteiger partial charge in [-0.2, -0.15) is 5.10 Å². The summed E-state index contributed by atoms with van der Waals surface area (Å²) >= 11 is 0. The average Bonchev–Trinajstić information content (AvgIpc) is 2.84. The molecule has 0 bridgehead atoms. The minimum absolute atomic E-state index is 0.168. The summed E-state index contributed by atoms with van der Waals surface area (Å²) in [7, 11) is -2.94. The third kappa shape index (κ3) is 2.56. The second-order valence-electron chi connectivity index (χ2n) is 5.44. The summed E-state index contributed by atoms with van der Waals surface area (Å²) in [5, 5.41) is 4.17. The van der Waals surface area contributed by atoms with Gasteiger partial charge in [0.05, 0.1) is 11.5 Å². The van der Waals surface area contributed by atoms with Crippen LogP contribution in [0.5, 0.6) is 0 Å². The fraction of sp³-hybridized carbons (Fsp3) is 0.818. The van der Waals surface area contributed by atoms with Crippen molar-refractivity contribution in [3.05, 3.63) is 12.2 Å². The highest BCUT2D eigenvalue weighted by molar-refractivity contribution is 7.91. The van der Waals surface area contributed by atoms with Crippen molar-refractivity contribution in [2.75, 3.05) is 18.1 Å². The smallest absolute Gasteiger partial charge is 0.150 e. The van der Waals surface area contributed by atoms with Gasteiger partial charge in [-0.05, 0) is 26.8 Å². The molecule has 1 unspecified atom stereocenters. The van der Waals surface area contributed by atoms with Gasteiger partial charge in [0, 0.05) is 17.9 Å². The van der Waals surface area contributed by atoms with Crippen molar-refractivity contribution in [3.63, 3.8) is 0 Å². The van der Waals surface area contributed by atoms with Gasteiger partial charge in [0.1, 0.15) is 12.2 Å². The Morgan fingerprint density at radius 1 is 1.56 bits per heavy atom. The normalized spacial score (nSPS) is 26.9. The highest BCUT2D eigenvalue weighted by Gasteiger charge is 2.42. The van der Waals surface area contributed by atoms with E-state index in [4.69, 9.17) is 5.73 Å². The largest absolute Gasteiger partial charge is 0.330 e. The Labute approximate surface area is 108 Å². The third-order valence-electron chi connectivity index (χ3n) is 3.57. The highest BCUT2D eigenvalue weighted by Crippen LogP contribution is 2.34. The molecule has 0 aliphatic carbocycles. The van der Waals surface area contributed by atoms with E-state index in [-0.39, 0.29) is 23.0 Å². The van der Waals surface area contributed by atoms with Gasteiger partial charge >= 0.3 is 0 Å². The Morgan fingerprint density at radius 2 is 2.28 bits per heavy atom. The molecule has 1 aliphatic rings. The maximum absolute atomic E-state index is 11.7. The molecule has 0 aromatic carbocycles. The molecule has 6 nitrogen and oxygen atoms in total. The topological polar surface area (TPSA) is 90.9 Å². The average molecular weight is 272 g/mol. The number of nitrogens with two attached hydrogens (primary N) is 1. The molecule has 2 N–H and O–H groups in total. The Kier molecular flexibility index (Phi) is 3.46. The van der Waals surface area contributed by atoms with Crippen molar-refractivity contribution < 1.29 is 8.42 Å². The molecule has 0 spiro atoms. The summed E-state index contributed by atoms with van der Waals surface area (Å²) in [6.45, 7) is 4.43. The lowest BCUT2D eigenvalue weighted by atomic mass is 9.84. The number of hydrogen-bond acceptors (Lipinski definition) is 5. The Balaban J connectivity index is 2.24. The van der Waals surface area contributed by atoms with Crippen LogP contribution in [0.25, 0.3) is 0 Å². The first-order valence-electron chi connectivity index (χ1n) is 6.16. The predicted octanol–water partition coefficient (Wildman–Crippen LogP) is 0.165. The minimum atomic E-state index is -2.94. The highest BCUT2D eigenvalue weighted by atomic mass is 32.2. The van der Waals surface area contributed by atoms with Crippen LogP contribution in [0, 0.1) is 5.41 Å². The van der Waals surface area contributed by atoms with Gasteiger partial charge < -0.3 is 5.73 Å². The first-order valence-corrected chi connectivity index (χ1v) is 7.98. The Bertz CT molecular complexity index is 523. The zero-order valence-corrected chi connectivity index (χ0v) is 11.7. The summed E-state index contributed by atoms with van der Waals surface area (Å²) in [5.74, 6) is 1.23. The van der Waals surface area contributed by atoms with Gasteiger partial charge in [0.2, 0.25) is 0 Å². The van der Waals surface area contributed by atoms with E-state index in [1.165, 1.54) is 6.33 Å². The summed E-state index contributed by atoms with van der Waals surface area (Å²) < 4.78 is 25.1. The predicted molar refractivity (Wildman–Crippen MR) is 68.9 cm³/mol. The summed E-state index contributed by atoms with van der Waals surface area (Å²) in [5.41, 5.74) is 5.45. The second-order valence-corrected chi connectivity index (χ2v) is 7.62.